The van der Waals surface area contributed by atoms with Gasteiger partial charge in [-0.3, -0.25) is 0 Å². The molecule has 0 aromatic rings. The van der Waals surface area contributed by atoms with E-state index in [0.29, 0.717) is 49.1 Å². The van der Waals surface area contributed by atoms with Crippen molar-refractivity contribution < 1.29 is 73.3 Å². The van der Waals surface area contributed by atoms with Gasteiger partial charge in [0.2, 0.25) is 4.38 Å². The van der Waals surface area contributed by atoms with Crippen LogP contribution in [0.5, 0.6) is 0 Å². The Balaban J connectivity index is 0. The Hall–Kier alpha value is 0.380. The van der Waals surface area contributed by atoms with Gasteiger partial charge in [0, 0.05) is 19.0 Å². The molecule has 4 saturated heterocycles. The van der Waals surface area contributed by atoms with Crippen LogP contribution in [0.3, 0.4) is 0 Å². The molecule has 19 heteroatoms. The molecule has 4 aliphatic rings. The van der Waals surface area contributed by atoms with Crippen LogP contribution in [-0.4, -0.2) is 172 Å². The average molecular weight is 1100 g/mol. The summed E-state index contributed by atoms with van der Waals surface area (Å²) >= 11 is 14.8. The fraction of sp³-hybridized carbons (Fsp3) is 0.981. The van der Waals surface area contributed by atoms with Gasteiger partial charge in [0.05, 0.1) is 82.9 Å². The third-order valence-corrected chi connectivity index (χ3v) is 12.9. The molecule has 4 fully saturated rings. The SMILES string of the molecule is CC1(C)OCC(CCCCO)O1.CC1(C)OCC(CCCCS)O1.CCCCCC1COC(C)(C)O1.CCOC(=S)SCCCCC1COC(C)(C)O1.OCC(O)CCCCS.OCCCCC(O)CO. The first-order valence-electron chi connectivity index (χ1n) is 26.6. The van der Waals surface area contributed by atoms with Crippen molar-refractivity contribution in [2.45, 2.75) is 251 Å². The van der Waals surface area contributed by atoms with Crippen LogP contribution in [0, 0.1) is 0 Å². The molecule has 0 bridgehead atoms. The van der Waals surface area contributed by atoms with E-state index in [1.165, 1.54) is 32.1 Å². The molecule has 15 nitrogen and oxygen atoms in total. The normalized spacial score (nSPS) is 23.0. The number of rotatable bonds is 28. The molecule has 0 amide bonds. The Morgan fingerprint density at radius 2 is 0.845 bits per heavy atom. The molecule has 4 heterocycles. The summed E-state index contributed by atoms with van der Waals surface area (Å²) in [5.74, 6) is 1.37. The van der Waals surface area contributed by atoms with Crippen molar-refractivity contribution in [3.63, 3.8) is 0 Å². The Kier molecular flexibility index (Phi) is 47.0. The molecule has 428 valence electrons. The van der Waals surface area contributed by atoms with Gasteiger partial charge in [0.25, 0.3) is 0 Å². The van der Waals surface area contributed by atoms with Crippen molar-refractivity contribution >= 4 is 53.6 Å². The zero-order chi connectivity index (χ0) is 54.0. The number of aliphatic hydroxyl groups is 6. The Morgan fingerprint density at radius 1 is 0.521 bits per heavy atom. The first kappa shape index (κ1) is 73.5. The van der Waals surface area contributed by atoms with Crippen molar-refractivity contribution in [2.75, 3.05) is 76.7 Å². The molecule has 71 heavy (non-hydrogen) atoms. The molecule has 0 aromatic heterocycles. The second kappa shape index (κ2) is 45.4. The van der Waals surface area contributed by atoms with E-state index < -0.39 is 23.8 Å². The number of hydrogen-bond acceptors (Lipinski definition) is 19. The second-order valence-corrected chi connectivity index (χ2v) is 22.5. The van der Waals surface area contributed by atoms with E-state index in [1.807, 2.05) is 62.3 Å². The fourth-order valence-electron chi connectivity index (χ4n) is 7.17. The van der Waals surface area contributed by atoms with E-state index in [1.54, 1.807) is 11.8 Å². The molecule has 6 N–H and O–H groups in total. The average Bonchev–Trinajstić information content (AvgIpc) is 4.07. The number of ether oxygens (including phenoxy) is 9. The molecule has 0 spiro atoms. The topological polar surface area (TPSA) is 204 Å². The van der Waals surface area contributed by atoms with Gasteiger partial charge >= 0.3 is 0 Å². The smallest absolute Gasteiger partial charge is 0.219 e. The van der Waals surface area contributed by atoms with Crippen molar-refractivity contribution in [3.8, 4) is 0 Å². The molecular weight excluding hydrogens is 993 g/mol. The van der Waals surface area contributed by atoms with E-state index >= 15 is 0 Å². The Morgan fingerprint density at radius 3 is 1.15 bits per heavy atom. The Labute approximate surface area is 452 Å². The monoisotopic (exact) mass is 1100 g/mol. The fourth-order valence-corrected chi connectivity index (χ4v) is 8.70. The maximum Gasteiger partial charge on any atom is 0.219 e. The lowest BCUT2D eigenvalue weighted by molar-refractivity contribution is -0.139. The third kappa shape index (κ3) is 46.2. The molecule has 6 unspecified atom stereocenters. The van der Waals surface area contributed by atoms with Crippen LogP contribution in [-0.2, 0) is 42.6 Å². The van der Waals surface area contributed by atoms with Gasteiger partial charge in [-0.15, -0.1) is 0 Å². The molecule has 0 radical (unpaired) electrons. The zero-order valence-electron chi connectivity index (χ0n) is 46.0. The lowest BCUT2D eigenvalue weighted by Crippen LogP contribution is -2.21. The minimum absolute atomic E-state index is 0.118. The first-order chi connectivity index (χ1) is 33.6. The number of thiol groups is 2. The summed E-state index contributed by atoms with van der Waals surface area (Å²) in [6.07, 6.45) is 19.4. The van der Waals surface area contributed by atoms with E-state index in [-0.39, 0.29) is 50.2 Å². The largest absolute Gasteiger partial charge is 0.479 e. The van der Waals surface area contributed by atoms with Crippen LogP contribution in [0.2, 0.25) is 0 Å². The van der Waals surface area contributed by atoms with Crippen molar-refractivity contribution in [2.24, 2.45) is 0 Å². The van der Waals surface area contributed by atoms with Crippen LogP contribution in [0.25, 0.3) is 0 Å². The van der Waals surface area contributed by atoms with Crippen LogP contribution in [0.1, 0.15) is 191 Å². The highest BCUT2D eigenvalue weighted by molar-refractivity contribution is 8.22. The maximum absolute atomic E-state index is 8.81. The quantitative estimate of drug-likeness (QED) is 0.0209. The molecule has 0 saturated carbocycles. The molecule has 4 aliphatic heterocycles. The summed E-state index contributed by atoms with van der Waals surface area (Å²) in [7, 11) is 0. The highest BCUT2D eigenvalue weighted by atomic mass is 32.2. The number of unbranched alkanes of at least 4 members (excludes halogenated alkanes) is 7. The van der Waals surface area contributed by atoms with Gasteiger partial charge in [0.1, 0.15) is 0 Å². The summed E-state index contributed by atoms with van der Waals surface area (Å²) in [5.41, 5.74) is 0. The minimum atomic E-state index is -0.600. The zero-order valence-corrected chi connectivity index (χ0v) is 49.4. The second-order valence-electron chi connectivity index (χ2n) is 19.9. The summed E-state index contributed by atoms with van der Waals surface area (Å²) in [6, 6.07) is 0. The number of thiocarbonyl (C=S) groups is 1. The van der Waals surface area contributed by atoms with Crippen LogP contribution in [0.4, 0.5) is 0 Å². The minimum Gasteiger partial charge on any atom is -0.479 e. The first-order valence-corrected chi connectivity index (χ1v) is 29.3. The van der Waals surface area contributed by atoms with E-state index in [4.69, 9.17) is 85.5 Å². The molecule has 4 rings (SSSR count). The van der Waals surface area contributed by atoms with Crippen molar-refractivity contribution in [1.29, 1.82) is 0 Å². The molecule has 0 aliphatic carbocycles. The van der Waals surface area contributed by atoms with Gasteiger partial charge in [-0.05, 0) is 189 Å². The summed E-state index contributed by atoms with van der Waals surface area (Å²) < 4.78 is 50.3. The van der Waals surface area contributed by atoms with Crippen molar-refractivity contribution in [3.05, 3.63) is 0 Å². The molecule has 0 aromatic carbocycles. The summed E-state index contributed by atoms with van der Waals surface area (Å²) in [5, 5.41) is 51.1. The third-order valence-electron chi connectivity index (χ3n) is 11.0. The van der Waals surface area contributed by atoms with Crippen LogP contribution < -0.4 is 0 Å². The van der Waals surface area contributed by atoms with Gasteiger partial charge in [-0.2, -0.15) is 25.3 Å². The molecule has 6 atom stereocenters. The standard InChI is InChI=1S/C12H22O3S2.C10H20O2.C9H18O3.C9H18O2S.C6H14O3.C6H14O2S/c1-4-13-11(16)17-8-6-5-7-10-9-14-12(2,3)15-10;1-4-5-6-7-9-8-11-10(2,3)12-9;1-9(2)11-7-8(12-9)5-3-4-6-10;1-9(2)10-7-8(11-9)5-3-4-6-12;7-4-2-1-3-6(9)5-8;7-5-6(8)3-1-2-4-9/h10H,4-9H2,1-3H3;9H,4-8H2,1-3H3;8,10H,3-7H2,1-2H3;8,12H,3-7H2,1-2H3;2*6-9H,1-5H2. The van der Waals surface area contributed by atoms with Crippen molar-refractivity contribution in [1.82, 2.24) is 0 Å². The summed E-state index contributed by atoms with van der Waals surface area (Å²) in [4.78, 5) is 0. The summed E-state index contributed by atoms with van der Waals surface area (Å²) in [6.45, 7) is 23.6. The predicted molar refractivity (Wildman–Crippen MR) is 298 cm³/mol. The number of hydrogen-bond donors (Lipinski definition) is 8. The van der Waals surface area contributed by atoms with E-state index in [0.717, 1.165) is 108 Å². The van der Waals surface area contributed by atoms with E-state index in [9.17, 15) is 0 Å². The number of aliphatic hydroxyl groups excluding tert-OH is 6. The van der Waals surface area contributed by atoms with Gasteiger partial charge in [0.15, 0.2) is 23.1 Å². The van der Waals surface area contributed by atoms with Gasteiger partial charge in [-0.25, -0.2) is 0 Å². The maximum atomic E-state index is 8.81. The Bertz CT molecular complexity index is 1110. The predicted octanol–water partition coefficient (Wildman–Crippen LogP) is 9.56. The van der Waals surface area contributed by atoms with Gasteiger partial charge < -0.3 is 73.3 Å². The molecular formula is C52H106O15S4. The van der Waals surface area contributed by atoms with Crippen LogP contribution in [0.15, 0.2) is 0 Å². The van der Waals surface area contributed by atoms with E-state index in [2.05, 4.69) is 32.2 Å². The highest BCUT2D eigenvalue weighted by Crippen LogP contribution is 2.28. The highest BCUT2D eigenvalue weighted by Gasteiger charge is 2.34. The number of thioether (sulfide) groups is 1. The van der Waals surface area contributed by atoms with Gasteiger partial charge in [-0.1, -0.05) is 37.9 Å². The lowest BCUT2D eigenvalue weighted by Gasteiger charge is -2.16. The lowest BCUT2D eigenvalue weighted by atomic mass is 10.1. The van der Waals surface area contributed by atoms with Crippen LogP contribution >= 0.6 is 49.2 Å².